The molecule has 2 unspecified atom stereocenters. The number of hydrogen-bond donors (Lipinski definition) is 0. The molecule has 0 N–H and O–H groups in total. The van der Waals surface area contributed by atoms with Crippen molar-refractivity contribution in [2.75, 3.05) is 4.90 Å². The van der Waals surface area contributed by atoms with E-state index >= 15 is 0 Å². The number of halogens is 3. The molecule has 3 heterocycles. The Bertz CT molecular complexity index is 948. The summed E-state index contributed by atoms with van der Waals surface area (Å²) in [6.07, 6.45) is -0.753. The molecule has 4 rings (SSSR count). The maximum absolute atomic E-state index is 13.3. The summed E-state index contributed by atoms with van der Waals surface area (Å²) in [6.45, 7) is 10.5. The molecular formula is C19H15F3N2O3. The van der Waals surface area contributed by atoms with E-state index in [1.165, 1.54) is 6.07 Å². The molecule has 8 heteroatoms. The number of carbonyl (C=O) groups is 2. The van der Waals surface area contributed by atoms with Gasteiger partial charge in [0.25, 0.3) is 0 Å². The number of fused-ring (bicyclic) bond motifs is 5. The number of ether oxygens (including phenoxy) is 1. The van der Waals surface area contributed by atoms with Crippen molar-refractivity contribution < 1.29 is 27.5 Å². The Morgan fingerprint density at radius 3 is 2.48 bits per heavy atom. The summed E-state index contributed by atoms with van der Waals surface area (Å²) in [5.41, 5.74) is -3.78. The van der Waals surface area contributed by atoms with Crippen molar-refractivity contribution in [3.8, 4) is 0 Å². The van der Waals surface area contributed by atoms with E-state index in [-0.39, 0.29) is 5.69 Å². The monoisotopic (exact) mass is 376 g/mol. The Kier molecular flexibility index (Phi) is 3.41. The standard InChI is InChI=1S/C19H15F3N2O3/c1-4-18-8-7-17(2,27-18)13-14(18)16(26)24(15(13)25)10-5-6-12(23-3)11(9-10)19(20,21)22/h5-9,13-14H,4H2,1-2H3/t13-,14+,17?,18?/m1/s1. The number of carbonyl (C=O) groups excluding carboxylic acids is 2. The van der Waals surface area contributed by atoms with Gasteiger partial charge < -0.3 is 4.74 Å². The predicted octanol–water partition coefficient (Wildman–Crippen LogP) is 3.87. The molecule has 4 atom stereocenters. The van der Waals surface area contributed by atoms with Crippen molar-refractivity contribution in [3.63, 3.8) is 0 Å². The number of hydrogen-bond acceptors (Lipinski definition) is 3. The molecule has 2 saturated heterocycles. The molecule has 0 radical (unpaired) electrons. The van der Waals surface area contributed by atoms with Crippen molar-refractivity contribution in [3.05, 3.63) is 47.3 Å². The van der Waals surface area contributed by atoms with E-state index in [0.717, 1.165) is 11.0 Å². The third-order valence-electron chi connectivity index (χ3n) is 5.77. The van der Waals surface area contributed by atoms with Gasteiger partial charge in [-0.05, 0) is 25.5 Å². The molecule has 5 nitrogen and oxygen atoms in total. The number of benzene rings is 1. The number of rotatable bonds is 2. The lowest BCUT2D eigenvalue weighted by atomic mass is 9.71. The van der Waals surface area contributed by atoms with E-state index in [0.29, 0.717) is 12.5 Å². The van der Waals surface area contributed by atoms with Crippen LogP contribution < -0.4 is 4.90 Å². The van der Waals surface area contributed by atoms with Gasteiger partial charge in [0.15, 0.2) is 5.69 Å². The van der Waals surface area contributed by atoms with Crippen LogP contribution in [0.5, 0.6) is 0 Å². The highest BCUT2D eigenvalue weighted by molar-refractivity contribution is 6.23. The Balaban J connectivity index is 1.81. The molecule has 2 amide bonds. The van der Waals surface area contributed by atoms with Crippen LogP contribution in [0.3, 0.4) is 0 Å². The molecule has 0 aliphatic carbocycles. The molecule has 1 aromatic rings. The summed E-state index contributed by atoms with van der Waals surface area (Å²) in [7, 11) is 0. The maximum Gasteiger partial charge on any atom is 0.407 e. The molecule has 2 fully saturated rings. The van der Waals surface area contributed by atoms with Crippen LogP contribution in [0.4, 0.5) is 24.5 Å². The SMILES string of the molecule is [C-]#[N+]c1ccc(N2C(=O)[C@@H]3[C@H](C2=O)C2(C)C=CC3(CC)O2)cc1C(F)(F)F. The van der Waals surface area contributed by atoms with E-state index in [4.69, 9.17) is 11.3 Å². The predicted molar refractivity (Wildman–Crippen MR) is 88.8 cm³/mol. The van der Waals surface area contributed by atoms with Gasteiger partial charge in [-0.3, -0.25) is 9.59 Å². The molecule has 140 valence electrons. The van der Waals surface area contributed by atoms with Gasteiger partial charge in [-0.15, -0.1) is 0 Å². The molecule has 2 bridgehead atoms. The first-order valence-corrected chi connectivity index (χ1v) is 8.45. The summed E-state index contributed by atoms with van der Waals surface area (Å²) >= 11 is 0. The van der Waals surface area contributed by atoms with E-state index < -0.39 is 52.3 Å². The van der Waals surface area contributed by atoms with Gasteiger partial charge in [-0.25, -0.2) is 9.74 Å². The second kappa shape index (κ2) is 5.20. The fourth-order valence-corrected chi connectivity index (χ4v) is 4.51. The molecule has 1 aromatic carbocycles. The van der Waals surface area contributed by atoms with Gasteiger partial charge in [-0.2, -0.15) is 13.2 Å². The summed E-state index contributed by atoms with van der Waals surface area (Å²) in [5, 5.41) is 0. The summed E-state index contributed by atoms with van der Waals surface area (Å²) in [4.78, 5) is 29.8. The highest BCUT2D eigenvalue weighted by atomic mass is 19.4. The second-order valence-electron chi connectivity index (χ2n) is 7.21. The van der Waals surface area contributed by atoms with Gasteiger partial charge in [0.2, 0.25) is 11.8 Å². The van der Waals surface area contributed by atoms with Crippen LogP contribution in [0.25, 0.3) is 4.85 Å². The van der Waals surface area contributed by atoms with Crippen molar-refractivity contribution in [1.82, 2.24) is 0 Å². The zero-order valence-electron chi connectivity index (χ0n) is 14.5. The van der Waals surface area contributed by atoms with Crippen LogP contribution >= 0.6 is 0 Å². The number of imide groups is 1. The Hall–Kier alpha value is -2.66. The number of nitrogens with zero attached hydrogens (tertiary/aromatic N) is 2. The first-order chi connectivity index (χ1) is 12.6. The first-order valence-electron chi connectivity index (χ1n) is 8.45. The lowest BCUT2D eigenvalue weighted by Gasteiger charge is -2.28. The van der Waals surface area contributed by atoms with Gasteiger partial charge in [0.1, 0.15) is 0 Å². The van der Waals surface area contributed by atoms with Crippen LogP contribution in [0.15, 0.2) is 30.4 Å². The summed E-state index contributed by atoms with van der Waals surface area (Å²) < 4.78 is 45.8. The zero-order valence-corrected chi connectivity index (χ0v) is 14.5. The third kappa shape index (κ3) is 2.15. The molecular weight excluding hydrogens is 361 g/mol. The lowest BCUT2D eigenvalue weighted by Crippen LogP contribution is -2.40. The lowest BCUT2D eigenvalue weighted by molar-refractivity contribution is -0.137. The van der Waals surface area contributed by atoms with Crippen molar-refractivity contribution in [2.45, 2.75) is 37.6 Å². The average molecular weight is 376 g/mol. The average Bonchev–Trinajstić information content (AvgIpc) is 3.19. The van der Waals surface area contributed by atoms with E-state index in [2.05, 4.69) is 4.85 Å². The summed E-state index contributed by atoms with van der Waals surface area (Å²) in [5.74, 6) is -2.68. The quantitative estimate of drug-likeness (QED) is 0.447. The van der Waals surface area contributed by atoms with Gasteiger partial charge in [0.05, 0.1) is 35.2 Å². The van der Waals surface area contributed by atoms with Crippen LogP contribution in [-0.2, 0) is 20.5 Å². The van der Waals surface area contributed by atoms with E-state index in [1.54, 1.807) is 19.1 Å². The van der Waals surface area contributed by atoms with E-state index in [1.807, 2.05) is 6.92 Å². The molecule has 3 aliphatic rings. The number of alkyl halides is 3. The van der Waals surface area contributed by atoms with Crippen LogP contribution in [0.2, 0.25) is 0 Å². The zero-order chi connectivity index (χ0) is 19.8. The molecule has 0 spiro atoms. The van der Waals surface area contributed by atoms with Gasteiger partial charge >= 0.3 is 6.18 Å². The van der Waals surface area contributed by atoms with Crippen molar-refractivity contribution in [2.24, 2.45) is 11.8 Å². The maximum atomic E-state index is 13.3. The van der Waals surface area contributed by atoms with E-state index in [9.17, 15) is 22.8 Å². The molecule has 27 heavy (non-hydrogen) atoms. The number of amides is 2. The van der Waals surface area contributed by atoms with Crippen LogP contribution in [0.1, 0.15) is 25.8 Å². The van der Waals surface area contributed by atoms with Crippen LogP contribution in [0, 0.1) is 18.4 Å². The van der Waals surface area contributed by atoms with Crippen molar-refractivity contribution in [1.29, 1.82) is 0 Å². The highest BCUT2D eigenvalue weighted by Gasteiger charge is 2.71. The van der Waals surface area contributed by atoms with Crippen LogP contribution in [-0.4, -0.2) is 23.0 Å². The fourth-order valence-electron chi connectivity index (χ4n) is 4.51. The molecule has 3 aliphatic heterocycles. The smallest absolute Gasteiger partial charge is 0.359 e. The Morgan fingerprint density at radius 2 is 1.89 bits per heavy atom. The Labute approximate surface area is 153 Å². The van der Waals surface area contributed by atoms with Gasteiger partial charge in [-0.1, -0.05) is 25.1 Å². The third-order valence-corrected chi connectivity index (χ3v) is 5.77. The topological polar surface area (TPSA) is 51.0 Å². The molecule has 0 aromatic heterocycles. The second-order valence-corrected chi connectivity index (χ2v) is 7.21. The first kappa shape index (κ1) is 17.7. The van der Waals surface area contributed by atoms with Crippen molar-refractivity contribution >= 4 is 23.2 Å². The molecule has 0 saturated carbocycles. The Morgan fingerprint density at radius 1 is 1.22 bits per heavy atom. The minimum atomic E-state index is -4.77. The fraction of sp³-hybridized carbons (Fsp3) is 0.421. The summed E-state index contributed by atoms with van der Waals surface area (Å²) in [6, 6.07) is 2.89. The van der Waals surface area contributed by atoms with Gasteiger partial charge in [0, 0.05) is 5.69 Å². The minimum Gasteiger partial charge on any atom is -0.359 e. The number of anilines is 1. The largest absolute Gasteiger partial charge is 0.407 e. The highest BCUT2D eigenvalue weighted by Crippen LogP contribution is 2.59. The minimum absolute atomic E-state index is 0.173. The normalized spacial score (nSPS) is 34.3.